The Labute approximate surface area is 178 Å². The largest absolute Gasteiger partial charge is 0.455 e. The van der Waals surface area contributed by atoms with Crippen LogP contribution in [0.4, 0.5) is 0 Å². The van der Waals surface area contributed by atoms with Gasteiger partial charge in [0, 0.05) is 27.1 Å². The third kappa shape index (κ3) is 2.90. The molecule has 0 saturated carbocycles. The maximum atomic E-state index is 6.29. The highest BCUT2D eigenvalue weighted by Crippen LogP contribution is 2.36. The molecule has 146 valence electrons. The second kappa shape index (κ2) is 7.43. The molecule has 6 rings (SSSR count). The number of hydrogen-bond donors (Lipinski definition) is 0. The lowest BCUT2D eigenvalue weighted by molar-refractivity contribution is 0.673. The second-order valence-corrected chi connectivity index (χ2v) is 7.17. The Morgan fingerprint density at radius 3 is 2.30 bits per heavy atom. The average molecular weight is 411 g/mol. The first-order chi connectivity index (χ1) is 14.8. The summed E-state index contributed by atoms with van der Waals surface area (Å²) in [5.41, 5.74) is 4.34. The number of nitrogens with zero attached hydrogens (tertiary/aromatic N) is 2. The smallest absolute Gasteiger partial charge is 0.223 e. The van der Waals surface area contributed by atoms with Crippen LogP contribution in [0.3, 0.4) is 0 Å². The minimum absolute atomic E-state index is 0.240. The predicted octanol–water partition coefficient (Wildman–Crippen LogP) is 8.03. The minimum Gasteiger partial charge on any atom is -0.455 e. The molecule has 6 aromatic rings. The first-order valence-corrected chi connectivity index (χ1v) is 10.4. The first-order valence-electron chi connectivity index (χ1n) is 10.0. The third-order valence-corrected chi connectivity index (χ3v) is 5.38. The third-order valence-electron chi connectivity index (χ3n) is 5.21. The molecule has 30 heavy (non-hydrogen) atoms. The van der Waals surface area contributed by atoms with Crippen LogP contribution in [0.1, 0.15) is 13.8 Å². The maximum absolute atomic E-state index is 6.29. The predicted molar refractivity (Wildman–Crippen MR) is 126 cm³/mol. The summed E-state index contributed by atoms with van der Waals surface area (Å²) in [5, 5.41) is 5.70. The van der Waals surface area contributed by atoms with Crippen molar-refractivity contribution in [2.45, 2.75) is 13.8 Å². The molecule has 0 aliphatic rings. The summed E-state index contributed by atoms with van der Waals surface area (Å²) < 4.78 is 6.29. The molecule has 4 heteroatoms. The molecular formula is C26H19ClN2O. The van der Waals surface area contributed by atoms with Gasteiger partial charge < -0.3 is 4.42 Å². The van der Waals surface area contributed by atoms with Crippen LogP contribution < -0.4 is 0 Å². The lowest BCUT2D eigenvalue weighted by Gasteiger charge is -2.06. The molecule has 0 spiro atoms. The molecular weight excluding hydrogens is 392 g/mol. The van der Waals surface area contributed by atoms with Gasteiger partial charge in [0.2, 0.25) is 5.28 Å². The summed E-state index contributed by atoms with van der Waals surface area (Å²) in [5.74, 6) is 0. The Morgan fingerprint density at radius 2 is 1.43 bits per heavy atom. The first kappa shape index (κ1) is 18.6. The molecule has 2 heterocycles. The number of rotatable bonds is 1. The van der Waals surface area contributed by atoms with Crippen LogP contribution in [0, 0.1) is 0 Å². The van der Waals surface area contributed by atoms with Crippen LogP contribution in [-0.4, -0.2) is 9.97 Å². The highest BCUT2D eigenvalue weighted by atomic mass is 35.5. The van der Waals surface area contributed by atoms with E-state index in [0.29, 0.717) is 0 Å². The summed E-state index contributed by atoms with van der Waals surface area (Å²) in [6.45, 7) is 4.00. The number of fused-ring (bicyclic) bond motifs is 6. The summed E-state index contributed by atoms with van der Waals surface area (Å²) >= 11 is 6.18. The van der Waals surface area contributed by atoms with Crippen molar-refractivity contribution < 1.29 is 4.42 Å². The van der Waals surface area contributed by atoms with Gasteiger partial charge in [-0.1, -0.05) is 68.4 Å². The molecule has 0 N–H and O–H groups in total. The molecule has 0 fully saturated rings. The zero-order valence-corrected chi connectivity index (χ0v) is 17.4. The van der Waals surface area contributed by atoms with Crippen molar-refractivity contribution in [3.05, 3.63) is 84.1 Å². The molecule has 0 radical (unpaired) electrons. The molecule has 0 aliphatic heterocycles. The van der Waals surface area contributed by atoms with Crippen LogP contribution in [0.5, 0.6) is 0 Å². The number of furan rings is 1. The van der Waals surface area contributed by atoms with E-state index in [1.165, 1.54) is 5.39 Å². The lowest BCUT2D eigenvalue weighted by atomic mass is 10.0. The van der Waals surface area contributed by atoms with Gasteiger partial charge in [0.25, 0.3) is 0 Å². The fourth-order valence-electron chi connectivity index (χ4n) is 3.92. The maximum Gasteiger partial charge on any atom is 0.223 e. The van der Waals surface area contributed by atoms with Gasteiger partial charge in [-0.15, -0.1) is 0 Å². The molecule has 4 aromatic carbocycles. The minimum atomic E-state index is 0.240. The SMILES string of the molecule is CC.Clc1nc(-c2ccc3c(c2)oc2c4ccccc4ccc32)c2ccccc2n1. The van der Waals surface area contributed by atoms with Gasteiger partial charge in [-0.05, 0) is 41.3 Å². The van der Waals surface area contributed by atoms with Crippen LogP contribution in [0.2, 0.25) is 5.28 Å². The molecule has 0 atom stereocenters. The van der Waals surface area contributed by atoms with Crippen molar-refractivity contribution in [3.8, 4) is 11.3 Å². The van der Waals surface area contributed by atoms with E-state index in [0.717, 1.165) is 49.5 Å². The molecule has 0 saturated heterocycles. The molecule has 2 aromatic heterocycles. The van der Waals surface area contributed by atoms with Crippen LogP contribution in [0.15, 0.2) is 83.3 Å². The number of aromatic nitrogens is 2. The van der Waals surface area contributed by atoms with E-state index in [4.69, 9.17) is 16.0 Å². The van der Waals surface area contributed by atoms with E-state index in [-0.39, 0.29) is 5.28 Å². The van der Waals surface area contributed by atoms with Crippen LogP contribution in [-0.2, 0) is 0 Å². The number of para-hydroxylation sites is 1. The Bertz CT molecular complexity index is 1530. The molecule has 0 amide bonds. The summed E-state index contributed by atoms with van der Waals surface area (Å²) in [4.78, 5) is 8.82. The van der Waals surface area contributed by atoms with E-state index < -0.39 is 0 Å². The normalized spacial score (nSPS) is 11.2. The topological polar surface area (TPSA) is 38.9 Å². The molecule has 0 unspecified atom stereocenters. The fourth-order valence-corrected chi connectivity index (χ4v) is 4.10. The van der Waals surface area contributed by atoms with E-state index in [9.17, 15) is 0 Å². The second-order valence-electron chi connectivity index (χ2n) is 6.83. The van der Waals surface area contributed by atoms with E-state index in [1.807, 2.05) is 56.3 Å². The van der Waals surface area contributed by atoms with Crippen molar-refractivity contribution in [1.29, 1.82) is 0 Å². The molecule has 0 aliphatic carbocycles. The highest BCUT2D eigenvalue weighted by Gasteiger charge is 2.14. The van der Waals surface area contributed by atoms with Gasteiger partial charge in [0.05, 0.1) is 11.2 Å². The van der Waals surface area contributed by atoms with Crippen molar-refractivity contribution in [2.75, 3.05) is 0 Å². The summed E-state index contributed by atoms with van der Waals surface area (Å²) in [6.07, 6.45) is 0. The van der Waals surface area contributed by atoms with Crippen molar-refractivity contribution >= 4 is 55.2 Å². The quantitative estimate of drug-likeness (QED) is 0.257. The Morgan fingerprint density at radius 1 is 0.700 bits per heavy atom. The van der Waals surface area contributed by atoms with E-state index in [2.05, 4.69) is 46.4 Å². The van der Waals surface area contributed by atoms with Gasteiger partial charge in [-0.3, -0.25) is 0 Å². The van der Waals surface area contributed by atoms with E-state index in [1.54, 1.807) is 0 Å². The van der Waals surface area contributed by atoms with Crippen LogP contribution in [0.25, 0.3) is 54.9 Å². The number of hydrogen-bond acceptors (Lipinski definition) is 3. The number of halogens is 1. The Hall–Kier alpha value is -3.43. The van der Waals surface area contributed by atoms with Gasteiger partial charge >= 0.3 is 0 Å². The molecule has 0 bridgehead atoms. The standard InChI is InChI=1S/C24H13ClN2O.C2H6/c25-24-26-20-8-4-3-7-19(20)22(27-24)15-10-11-17-18-12-9-14-5-1-2-6-16(14)23(18)28-21(17)13-15;1-2/h1-13H;1-2H3. The lowest BCUT2D eigenvalue weighted by Crippen LogP contribution is -1.90. The zero-order valence-electron chi connectivity index (χ0n) is 16.7. The van der Waals surface area contributed by atoms with Crippen molar-refractivity contribution in [1.82, 2.24) is 9.97 Å². The van der Waals surface area contributed by atoms with Gasteiger partial charge in [-0.2, -0.15) is 0 Å². The van der Waals surface area contributed by atoms with E-state index >= 15 is 0 Å². The molecule has 3 nitrogen and oxygen atoms in total. The van der Waals surface area contributed by atoms with Gasteiger partial charge in [-0.25, -0.2) is 9.97 Å². The zero-order chi connectivity index (χ0) is 20.7. The van der Waals surface area contributed by atoms with Crippen molar-refractivity contribution in [3.63, 3.8) is 0 Å². The van der Waals surface area contributed by atoms with Gasteiger partial charge in [0.1, 0.15) is 11.2 Å². The Kier molecular flexibility index (Phi) is 4.61. The fraction of sp³-hybridized carbons (Fsp3) is 0.0769. The van der Waals surface area contributed by atoms with Crippen LogP contribution >= 0.6 is 11.6 Å². The Balaban J connectivity index is 0.000000937. The average Bonchev–Trinajstić information content (AvgIpc) is 3.18. The number of benzene rings is 4. The van der Waals surface area contributed by atoms with Crippen molar-refractivity contribution in [2.24, 2.45) is 0 Å². The monoisotopic (exact) mass is 410 g/mol. The summed E-state index contributed by atoms with van der Waals surface area (Å²) in [6, 6.07) is 26.6. The van der Waals surface area contributed by atoms with Gasteiger partial charge in [0.15, 0.2) is 0 Å². The summed E-state index contributed by atoms with van der Waals surface area (Å²) in [7, 11) is 0. The highest BCUT2D eigenvalue weighted by molar-refractivity contribution is 6.29.